The van der Waals surface area contributed by atoms with Crippen molar-refractivity contribution in [2.45, 2.75) is 0 Å². The van der Waals surface area contributed by atoms with Crippen molar-refractivity contribution in [3.63, 3.8) is 0 Å². The van der Waals surface area contributed by atoms with Crippen LogP contribution in [0.15, 0.2) is 60.8 Å². The molecule has 1 aromatic heterocycles. The molecule has 1 amide bonds. The van der Waals surface area contributed by atoms with Crippen molar-refractivity contribution in [3.05, 3.63) is 66.5 Å². The number of amides is 1. The Kier molecular flexibility index (Phi) is 3.51. The third-order valence-corrected chi connectivity index (χ3v) is 3.24. The van der Waals surface area contributed by atoms with E-state index in [0.29, 0.717) is 17.1 Å². The van der Waals surface area contributed by atoms with Crippen molar-refractivity contribution in [1.82, 2.24) is 4.98 Å². The zero-order valence-electron chi connectivity index (χ0n) is 11.5. The molecule has 0 atom stereocenters. The van der Waals surface area contributed by atoms with E-state index < -0.39 is 0 Å². The van der Waals surface area contributed by atoms with Gasteiger partial charge >= 0.3 is 0 Å². The summed E-state index contributed by atoms with van der Waals surface area (Å²) in [6.07, 6.45) is 1.64. The first kappa shape index (κ1) is 13.1. The normalized spacial score (nSPS) is 10.3. The Morgan fingerprint density at radius 3 is 2.67 bits per heavy atom. The number of benzene rings is 2. The van der Waals surface area contributed by atoms with Crippen LogP contribution in [0.25, 0.3) is 10.8 Å². The summed E-state index contributed by atoms with van der Waals surface area (Å²) >= 11 is 0. The van der Waals surface area contributed by atoms with E-state index in [4.69, 9.17) is 4.74 Å². The molecule has 21 heavy (non-hydrogen) atoms. The number of nitrogens with zero attached hydrogens (tertiary/aromatic N) is 1. The number of para-hydroxylation sites is 2. The summed E-state index contributed by atoms with van der Waals surface area (Å²) in [5, 5.41) is 4.65. The topological polar surface area (TPSA) is 51.2 Å². The predicted molar refractivity (Wildman–Crippen MR) is 82.7 cm³/mol. The van der Waals surface area contributed by atoms with Gasteiger partial charge in [0.25, 0.3) is 5.91 Å². The molecular formula is C17H14N2O2. The maximum atomic E-state index is 12.5. The quantitative estimate of drug-likeness (QED) is 0.797. The molecule has 1 heterocycles. The van der Waals surface area contributed by atoms with Crippen LogP contribution in [0.1, 0.15) is 10.5 Å². The number of hydrogen-bond acceptors (Lipinski definition) is 3. The average Bonchev–Trinajstić information content (AvgIpc) is 2.54. The molecule has 0 unspecified atom stereocenters. The number of fused-ring (bicyclic) bond motifs is 1. The number of hydrogen-bond donors (Lipinski definition) is 1. The SMILES string of the molecule is COc1ccccc1NC(=O)c1nccc2ccccc12. The van der Waals surface area contributed by atoms with Crippen molar-refractivity contribution in [2.24, 2.45) is 0 Å². The molecule has 104 valence electrons. The van der Waals surface area contributed by atoms with Crippen LogP contribution in [-0.2, 0) is 0 Å². The minimum atomic E-state index is -0.253. The van der Waals surface area contributed by atoms with Crippen LogP contribution in [0.5, 0.6) is 5.75 Å². The Labute approximate surface area is 122 Å². The van der Waals surface area contributed by atoms with Crippen molar-refractivity contribution in [1.29, 1.82) is 0 Å². The van der Waals surface area contributed by atoms with E-state index in [-0.39, 0.29) is 5.91 Å². The number of pyridine rings is 1. The predicted octanol–water partition coefficient (Wildman–Crippen LogP) is 3.50. The fourth-order valence-corrected chi connectivity index (χ4v) is 2.23. The van der Waals surface area contributed by atoms with Gasteiger partial charge in [0, 0.05) is 11.6 Å². The second kappa shape index (κ2) is 5.63. The van der Waals surface area contributed by atoms with Gasteiger partial charge in [-0.3, -0.25) is 9.78 Å². The van der Waals surface area contributed by atoms with Gasteiger partial charge in [-0.15, -0.1) is 0 Å². The van der Waals surface area contributed by atoms with E-state index >= 15 is 0 Å². The van der Waals surface area contributed by atoms with E-state index in [0.717, 1.165) is 10.8 Å². The van der Waals surface area contributed by atoms with E-state index in [9.17, 15) is 4.79 Å². The molecule has 1 N–H and O–H groups in total. The minimum absolute atomic E-state index is 0.253. The largest absolute Gasteiger partial charge is 0.495 e. The summed E-state index contributed by atoms with van der Waals surface area (Å²) in [6.45, 7) is 0. The zero-order valence-corrected chi connectivity index (χ0v) is 11.5. The van der Waals surface area contributed by atoms with Crippen LogP contribution in [0.4, 0.5) is 5.69 Å². The Balaban J connectivity index is 1.98. The number of carbonyl (C=O) groups excluding carboxylic acids is 1. The molecule has 3 rings (SSSR count). The third-order valence-electron chi connectivity index (χ3n) is 3.24. The molecule has 4 nitrogen and oxygen atoms in total. The van der Waals surface area contributed by atoms with Crippen LogP contribution in [0.3, 0.4) is 0 Å². The summed E-state index contributed by atoms with van der Waals surface area (Å²) in [7, 11) is 1.57. The number of nitrogens with one attached hydrogen (secondary N) is 1. The van der Waals surface area contributed by atoms with Gasteiger partial charge in [-0.05, 0) is 23.6 Å². The van der Waals surface area contributed by atoms with E-state index in [1.54, 1.807) is 25.4 Å². The standard InChI is InChI=1S/C17H14N2O2/c1-21-15-9-5-4-8-14(15)19-17(20)16-13-7-3-2-6-12(13)10-11-18-16/h2-11H,1H3,(H,19,20). The second-order valence-electron chi connectivity index (χ2n) is 4.54. The van der Waals surface area contributed by atoms with Crippen molar-refractivity contribution in [3.8, 4) is 5.75 Å². The number of carbonyl (C=O) groups is 1. The first-order valence-electron chi connectivity index (χ1n) is 6.58. The lowest BCUT2D eigenvalue weighted by Crippen LogP contribution is -2.14. The monoisotopic (exact) mass is 278 g/mol. The fourth-order valence-electron chi connectivity index (χ4n) is 2.23. The molecule has 0 aliphatic heterocycles. The summed E-state index contributed by atoms with van der Waals surface area (Å²) in [5.74, 6) is 0.363. The maximum absolute atomic E-state index is 12.5. The highest BCUT2D eigenvalue weighted by molar-refractivity contribution is 6.11. The highest BCUT2D eigenvalue weighted by atomic mass is 16.5. The molecule has 4 heteroatoms. The number of methoxy groups -OCH3 is 1. The number of rotatable bonds is 3. The third kappa shape index (κ3) is 2.56. The maximum Gasteiger partial charge on any atom is 0.275 e. The van der Waals surface area contributed by atoms with Crippen LogP contribution < -0.4 is 10.1 Å². The first-order valence-corrected chi connectivity index (χ1v) is 6.58. The highest BCUT2D eigenvalue weighted by Gasteiger charge is 2.13. The van der Waals surface area contributed by atoms with Crippen molar-refractivity contribution in [2.75, 3.05) is 12.4 Å². The summed E-state index contributed by atoms with van der Waals surface area (Å²) in [4.78, 5) is 16.7. The molecule has 0 aliphatic rings. The van der Waals surface area contributed by atoms with Crippen LogP contribution >= 0.6 is 0 Å². The van der Waals surface area contributed by atoms with Gasteiger partial charge in [0.15, 0.2) is 0 Å². The van der Waals surface area contributed by atoms with Crippen molar-refractivity contribution < 1.29 is 9.53 Å². The highest BCUT2D eigenvalue weighted by Crippen LogP contribution is 2.24. The molecule has 0 saturated carbocycles. The Hall–Kier alpha value is -2.88. The van der Waals surface area contributed by atoms with Crippen LogP contribution in [-0.4, -0.2) is 18.0 Å². The first-order chi connectivity index (χ1) is 10.3. The fraction of sp³-hybridized carbons (Fsp3) is 0.0588. The van der Waals surface area contributed by atoms with E-state index in [2.05, 4.69) is 10.3 Å². The zero-order chi connectivity index (χ0) is 14.7. The lowest BCUT2D eigenvalue weighted by atomic mass is 10.1. The number of anilines is 1. The molecule has 0 aliphatic carbocycles. The van der Waals surface area contributed by atoms with Crippen LogP contribution in [0, 0.1) is 0 Å². The van der Waals surface area contributed by atoms with Gasteiger partial charge in [-0.25, -0.2) is 0 Å². The molecule has 0 saturated heterocycles. The second-order valence-corrected chi connectivity index (χ2v) is 4.54. The molecule has 3 aromatic rings. The minimum Gasteiger partial charge on any atom is -0.495 e. The summed E-state index contributed by atoms with van der Waals surface area (Å²) in [6, 6.07) is 16.8. The molecule has 0 fully saturated rings. The van der Waals surface area contributed by atoms with E-state index in [1.807, 2.05) is 42.5 Å². The Morgan fingerprint density at radius 1 is 1.05 bits per heavy atom. The smallest absolute Gasteiger partial charge is 0.275 e. The molecule has 0 radical (unpaired) electrons. The van der Waals surface area contributed by atoms with Gasteiger partial charge < -0.3 is 10.1 Å². The summed E-state index contributed by atoms with van der Waals surface area (Å²) < 4.78 is 5.23. The van der Waals surface area contributed by atoms with Gasteiger partial charge in [-0.1, -0.05) is 36.4 Å². The lowest BCUT2D eigenvalue weighted by molar-refractivity contribution is 0.102. The van der Waals surface area contributed by atoms with E-state index in [1.165, 1.54) is 0 Å². The van der Waals surface area contributed by atoms with Gasteiger partial charge in [0.2, 0.25) is 0 Å². The van der Waals surface area contributed by atoms with Crippen molar-refractivity contribution >= 4 is 22.4 Å². The molecule has 2 aromatic carbocycles. The molecule has 0 spiro atoms. The lowest BCUT2D eigenvalue weighted by Gasteiger charge is -2.10. The van der Waals surface area contributed by atoms with Crippen LogP contribution in [0.2, 0.25) is 0 Å². The summed E-state index contributed by atoms with van der Waals surface area (Å²) in [5.41, 5.74) is 1.03. The van der Waals surface area contributed by atoms with Gasteiger partial charge in [0.05, 0.1) is 12.8 Å². The van der Waals surface area contributed by atoms with Gasteiger partial charge in [-0.2, -0.15) is 0 Å². The number of ether oxygens (including phenoxy) is 1. The molecule has 0 bridgehead atoms. The Bertz CT molecular complexity index is 794. The average molecular weight is 278 g/mol. The molecular weight excluding hydrogens is 264 g/mol. The Morgan fingerprint density at radius 2 is 1.81 bits per heavy atom. The number of aromatic nitrogens is 1. The van der Waals surface area contributed by atoms with Gasteiger partial charge in [0.1, 0.15) is 11.4 Å².